The molecule has 22 heavy (non-hydrogen) atoms. The lowest BCUT2D eigenvalue weighted by molar-refractivity contribution is 0.0932. The zero-order valence-electron chi connectivity index (χ0n) is 12.0. The van der Waals surface area contributed by atoms with E-state index in [4.69, 9.17) is 0 Å². The van der Waals surface area contributed by atoms with Crippen molar-refractivity contribution in [3.63, 3.8) is 0 Å². The number of carbonyl (C=O) groups is 1. The molecule has 2 aliphatic rings. The molecule has 3 nitrogen and oxygen atoms in total. The van der Waals surface area contributed by atoms with Crippen molar-refractivity contribution in [2.45, 2.75) is 24.9 Å². The van der Waals surface area contributed by atoms with Gasteiger partial charge in [0.1, 0.15) is 5.82 Å². The van der Waals surface area contributed by atoms with Crippen LogP contribution in [0.2, 0.25) is 0 Å². The van der Waals surface area contributed by atoms with E-state index in [1.54, 1.807) is 12.1 Å². The van der Waals surface area contributed by atoms with Crippen LogP contribution in [0.1, 0.15) is 22.5 Å². The highest BCUT2D eigenvalue weighted by molar-refractivity contribution is 7.17. The summed E-state index contributed by atoms with van der Waals surface area (Å²) in [6, 6.07) is 10.8. The zero-order chi connectivity index (χ0) is 15.1. The molecular weight excluding hydrogens is 299 g/mol. The van der Waals surface area contributed by atoms with E-state index >= 15 is 0 Å². The van der Waals surface area contributed by atoms with Gasteiger partial charge in [0.25, 0.3) is 5.91 Å². The Labute approximate surface area is 132 Å². The van der Waals surface area contributed by atoms with E-state index in [2.05, 4.69) is 10.6 Å². The SMILES string of the molecule is O=C(NC1CC2CNC1C2)c1ccc(-c2ccc(F)cc2)s1. The minimum Gasteiger partial charge on any atom is -0.347 e. The van der Waals surface area contributed by atoms with Crippen LogP contribution in [0.4, 0.5) is 4.39 Å². The normalized spacial score (nSPS) is 26.3. The Morgan fingerprint density at radius 3 is 2.68 bits per heavy atom. The molecule has 3 atom stereocenters. The lowest BCUT2D eigenvalue weighted by Crippen LogP contribution is -2.47. The first-order valence-corrected chi connectivity index (χ1v) is 8.41. The summed E-state index contributed by atoms with van der Waals surface area (Å²) in [6.07, 6.45) is 2.26. The van der Waals surface area contributed by atoms with Crippen molar-refractivity contribution in [2.24, 2.45) is 5.92 Å². The number of nitrogens with one attached hydrogen (secondary N) is 2. The second-order valence-electron chi connectivity index (χ2n) is 6.10. The molecule has 1 saturated carbocycles. The number of hydrogen-bond acceptors (Lipinski definition) is 3. The van der Waals surface area contributed by atoms with E-state index in [1.807, 2.05) is 12.1 Å². The molecule has 114 valence electrons. The number of halogens is 1. The van der Waals surface area contributed by atoms with Gasteiger partial charge in [0.2, 0.25) is 0 Å². The number of hydrogen-bond donors (Lipinski definition) is 2. The smallest absolute Gasteiger partial charge is 0.261 e. The molecule has 0 spiro atoms. The van der Waals surface area contributed by atoms with Gasteiger partial charge < -0.3 is 10.6 Å². The summed E-state index contributed by atoms with van der Waals surface area (Å²) in [5, 5.41) is 6.60. The Balaban J connectivity index is 1.46. The van der Waals surface area contributed by atoms with Crippen molar-refractivity contribution < 1.29 is 9.18 Å². The van der Waals surface area contributed by atoms with Crippen LogP contribution in [0.5, 0.6) is 0 Å². The average Bonchev–Trinajstić information content (AvgIpc) is 3.24. The number of carbonyl (C=O) groups excluding carboxylic acids is 1. The van der Waals surface area contributed by atoms with Gasteiger partial charge in [0.15, 0.2) is 0 Å². The number of benzene rings is 1. The molecule has 1 amide bonds. The summed E-state index contributed by atoms with van der Waals surface area (Å²) >= 11 is 1.45. The van der Waals surface area contributed by atoms with E-state index in [9.17, 15) is 9.18 Å². The van der Waals surface area contributed by atoms with Crippen LogP contribution in [0.3, 0.4) is 0 Å². The third kappa shape index (κ3) is 2.55. The standard InChI is InChI=1S/C17H17FN2OS/c18-12-3-1-11(2-4-12)15-5-6-16(22-15)17(21)20-14-8-10-7-13(14)19-9-10/h1-6,10,13-14,19H,7-9H2,(H,20,21). The predicted molar refractivity (Wildman–Crippen MR) is 85.5 cm³/mol. The fourth-order valence-electron chi connectivity index (χ4n) is 3.48. The minimum atomic E-state index is -0.248. The fourth-order valence-corrected chi connectivity index (χ4v) is 4.40. The maximum atomic E-state index is 13.0. The first-order chi connectivity index (χ1) is 10.7. The second-order valence-corrected chi connectivity index (χ2v) is 7.19. The molecule has 2 bridgehead atoms. The van der Waals surface area contributed by atoms with Gasteiger partial charge in [0.05, 0.1) is 4.88 Å². The van der Waals surface area contributed by atoms with Crippen molar-refractivity contribution >= 4 is 17.2 Å². The summed E-state index contributed by atoms with van der Waals surface area (Å²) in [4.78, 5) is 14.1. The molecular formula is C17H17FN2OS. The fraction of sp³-hybridized carbons (Fsp3) is 0.353. The highest BCUT2D eigenvalue weighted by Crippen LogP contribution is 2.32. The van der Waals surface area contributed by atoms with Gasteiger partial charge in [0, 0.05) is 17.0 Å². The van der Waals surface area contributed by atoms with E-state index in [-0.39, 0.29) is 17.8 Å². The lowest BCUT2D eigenvalue weighted by atomic mass is 10.1. The second kappa shape index (κ2) is 5.48. The molecule has 1 aromatic carbocycles. The predicted octanol–water partition coefficient (Wildman–Crippen LogP) is 3.03. The summed E-state index contributed by atoms with van der Waals surface area (Å²) in [6.45, 7) is 1.09. The van der Waals surface area contributed by atoms with Crippen molar-refractivity contribution in [3.8, 4) is 10.4 Å². The summed E-state index contributed by atoms with van der Waals surface area (Å²) < 4.78 is 13.0. The first-order valence-electron chi connectivity index (χ1n) is 7.59. The monoisotopic (exact) mass is 316 g/mol. The number of piperidine rings is 1. The molecule has 1 aliphatic carbocycles. The molecule has 1 saturated heterocycles. The van der Waals surface area contributed by atoms with Gasteiger partial charge in [-0.15, -0.1) is 11.3 Å². The zero-order valence-corrected chi connectivity index (χ0v) is 12.8. The Bertz CT molecular complexity index is 697. The van der Waals surface area contributed by atoms with Crippen LogP contribution >= 0.6 is 11.3 Å². The molecule has 1 aliphatic heterocycles. The van der Waals surface area contributed by atoms with Gasteiger partial charge in [-0.05, 0) is 55.1 Å². The summed E-state index contributed by atoms with van der Waals surface area (Å²) in [7, 11) is 0. The van der Waals surface area contributed by atoms with Gasteiger partial charge >= 0.3 is 0 Å². The first kappa shape index (κ1) is 13.9. The molecule has 2 N–H and O–H groups in total. The number of fused-ring (bicyclic) bond motifs is 2. The Morgan fingerprint density at radius 1 is 1.18 bits per heavy atom. The van der Waals surface area contributed by atoms with Crippen molar-refractivity contribution in [1.29, 1.82) is 0 Å². The highest BCUT2D eigenvalue weighted by Gasteiger charge is 2.40. The van der Waals surface area contributed by atoms with E-state index < -0.39 is 0 Å². The van der Waals surface area contributed by atoms with Gasteiger partial charge in [-0.1, -0.05) is 12.1 Å². The Kier molecular flexibility index (Phi) is 3.47. The number of amides is 1. The van der Waals surface area contributed by atoms with Crippen LogP contribution in [-0.2, 0) is 0 Å². The Morgan fingerprint density at radius 2 is 2.00 bits per heavy atom. The largest absolute Gasteiger partial charge is 0.347 e. The molecule has 2 aromatic rings. The highest BCUT2D eigenvalue weighted by atomic mass is 32.1. The van der Waals surface area contributed by atoms with Crippen LogP contribution in [0.15, 0.2) is 36.4 Å². The summed E-state index contributed by atoms with van der Waals surface area (Å²) in [5.74, 6) is 0.466. The van der Waals surface area contributed by atoms with Crippen molar-refractivity contribution in [3.05, 3.63) is 47.1 Å². The van der Waals surface area contributed by atoms with Gasteiger partial charge in [-0.3, -0.25) is 4.79 Å². The molecule has 0 radical (unpaired) electrons. The maximum Gasteiger partial charge on any atom is 0.261 e. The van der Waals surface area contributed by atoms with Crippen LogP contribution < -0.4 is 10.6 Å². The quantitative estimate of drug-likeness (QED) is 0.914. The molecule has 3 unspecified atom stereocenters. The van der Waals surface area contributed by atoms with Crippen molar-refractivity contribution in [1.82, 2.24) is 10.6 Å². The topological polar surface area (TPSA) is 41.1 Å². The lowest BCUT2D eigenvalue weighted by Gasteiger charge is -2.23. The minimum absolute atomic E-state index is 0.00212. The van der Waals surface area contributed by atoms with Crippen LogP contribution in [0.25, 0.3) is 10.4 Å². The van der Waals surface area contributed by atoms with Crippen molar-refractivity contribution in [2.75, 3.05) is 6.54 Å². The molecule has 4 rings (SSSR count). The third-order valence-electron chi connectivity index (χ3n) is 4.60. The van der Waals surface area contributed by atoms with Crippen LogP contribution in [-0.4, -0.2) is 24.5 Å². The molecule has 1 aromatic heterocycles. The molecule has 2 fully saturated rings. The van der Waals surface area contributed by atoms with E-state index in [0.29, 0.717) is 16.8 Å². The number of rotatable bonds is 3. The average molecular weight is 316 g/mol. The number of thiophene rings is 1. The van der Waals surface area contributed by atoms with E-state index in [1.165, 1.54) is 29.9 Å². The van der Waals surface area contributed by atoms with E-state index in [0.717, 1.165) is 23.4 Å². The van der Waals surface area contributed by atoms with Crippen LogP contribution in [0, 0.1) is 11.7 Å². The summed E-state index contributed by atoms with van der Waals surface area (Å²) in [5.41, 5.74) is 0.937. The third-order valence-corrected chi connectivity index (χ3v) is 5.74. The molecule has 5 heteroatoms. The Hall–Kier alpha value is -1.72. The molecule has 2 heterocycles. The van der Waals surface area contributed by atoms with Gasteiger partial charge in [-0.25, -0.2) is 4.39 Å². The van der Waals surface area contributed by atoms with Gasteiger partial charge in [-0.2, -0.15) is 0 Å². The maximum absolute atomic E-state index is 13.0.